The molecule has 144 valence electrons. The van der Waals surface area contributed by atoms with E-state index in [4.69, 9.17) is 16.3 Å². The smallest absolute Gasteiger partial charge is 0.259 e. The molecule has 4 aromatic rings. The maximum absolute atomic E-state index is 12.5. The molecule has 4 aromatic heterocycles. The topological polar surface area (TPSA) is 103 Å². The zero-order valence-electron chi connectivity index (χ0n) is 14.8. The summed E-state index contributed by atoms with van der Waals surface area (Å²) in [5.74, 6) is -0.169. The largest absolute Gasteiger partial charge is 0.470 e. The molecular weight excluding hydrogens is 412 g/mol. The van der Waals surface area contributed by atoms with Gasteiger partial charge in [-0.25, -0.2) is 4.98 Å². The van der Waals surface area contributed by atoms with Crippen LogP contribution < -0.4 is 10.1 Å². The van der Waals surface area contributed by atoms with Crippen LogP contribution in [-0.2, 0) is 6.61 Å². The molecule has 0 aliphatic carbocycles. The second kappa shape index (κ2) is 8.72. The number of amides is 1. The van der Waals surface area contributed by atoms with Gasteiger partial charge in [-0.05, 0) is 30.3 Å². The van der Waals surface area contributed by atoms with E-state index in [2.05, 4.69) is 30.5 Å². The van der Waals surface area contributed by atoms with Crippen LogP contribution in [0.4, 0.5) is 5.13 Å². The van der Waals surface area contributed by atoms with Gasteiger partial charge in [0.25, 0.3) is 5.91 Å². The third-order valence-electron chi connectivity index (χ3n) is 3.73. The van der Waals surface area contributed by atoms with Gasteiger partial charge in [-0.3, -0.25) is 20.1 Å². The van der Waals surface area contributed by atoms with Crippen molar-refractivity contribution in [3.63, 3.8) is 0 Å². The second-order valence-corrected chi connectivity index (χ2v) is 7.11. The quantitative estimate of drug-likeness (QED) is 0.501. The molecule has 1 amide bonds. The Labute approximate surface area is 174 Å². The highest BCUT2D eigenvalue weighted by molar-refractivity contribution is 7.18. The van der Waals surface area contributed by atoms with Gasteiger partial charge in [0.05, 0.1) is 11.3 Å². The molecule has 4 rings (SSSR count). The molecule has 0 saturated heterocycles. The zero-order valence-corrected chi connectivity index (χ0v) is 16.4. The molecular formula is C19H13ClN6O2S. The second-order valence-electron chi connectivity index (χ2n) is 5.72. The van der Waals surface area contributed by atoms with Crippen LogP contribution in [0.5, 0.6) is 5.88 Å². The number of ether oxygens (including phenoxy) is 1. The molecule has 0 aliphatic heterocycles. The van der Waals surface area contributed by atoms with Crippen LogP contribution in [0.25, 0.3) is 10.6 Å². The van der Waals surface area contributed by atoms with E-state index < -0.39 is 5.91 Å². The third-order valence-corrected chi connectivity index (χ3v) is 4.88. The average molecular weight is 425 g/mol. The molecule has 10 heteroatoms. The van der Waals surface area contributed by atoms with Crippen LogP contribution in [0.3, 0.4) is 0 Å². The van der Waals surface area contributed by atoms with Crippen molar-refractivity contribution in [1.29, 1.82) is 0 Å². The predicted octanol–water partition coefficient (Wildman–Crippen LogP) is 3.87. The predicted molar refractivity (Wildman–Crippen MR) is 109 cm³/mol. The van der Waals surface area contributed by atoms with E-state index in [0.29, 0.717) is 10.1 Å². The van der Waals surface area contributed by atoms with Gasteiger partial charge in [-0.2, -0.15) is 0 Å². The highest BCUT2D eigenvalue weighted by atomic mass is 35.5. The Morgan fingerprint density at radius 2 is 1.97 bits per heavy atom. The summed E-state index contributed by atoms with van der Waals surface area (Å²) in [6, 6.07) is 10.6. The van der Waals surface area contributed by atoms with Crippen molar-refractivity contribution < 1.29 is 9.53 Å². The van der Waals surface area contributed by atoms with Gasteiger partial charge in [0, 0.05) is 30.4 Å². The van der Waals surface area contributed by atoms with Gasteiger partial charge in [0.2, 0.25) is 11.0 Å². The molecule has 0 spiro atoms. The summed E-state index contributed by atoms with van der Waals surface area (Å²) >= 11 is 7.46. The minimum atomic E-state index is -0.395. The Morgan fingerprint density at radius 1 is 1.10 bits per heavy atom. The van der Waals surface area contributed by atoms with Crippen molar-refractivity contribution in [2.24, 2.45) is 0 Å². The number of carbonyl (C=O) groups is 1. The van der Waals surface area contributed by atoms with Crippen molar-refractivity contribution in [2.45, 2.75) is 6.61 Å². The maximum Gasteiger partial charge on any atom is 0.259 e. The van der Waals surface area contributed by atoms with Gasteiger partial charge < -0.3 is 4.74 Å². The highest BCUT2D eigenvalue weighted by Crippen LogP contribution is 2.27. The van der Waals surface area contributed by atoms with E-state index in [9.17, 15) is 4.79 Å². The molecule has 0 atom stereocenters. The molecule has 0 fully saturated rings. The van der Waals surface area contributed by atoms with Crippen molar-refractivity contribution in [1.82, 2.24) is 25.1 Å². The highest BCUT2D eigenvalue weighted by Gasteiger charge is 2.14. The van der Waals surface area contributed by atoms with Gasteiger partial charge in [-0.15, -0.1) is 10.2 Å². The number of pyridine rings is 3. The molecule has 0 aliphatic rings. The van der Waals surface area contributed by atoms with E-state index in [1.54, 1.807) is 18.6 Å². The van der Waals surface area contributed by atoms with Gasteiger partial charge in [0.15, 0.2) is 0 Å². The molecule has 0 aromatic carbocycles. The number of halogens is 1. The van der Waals surface area contributed by atoms with Crippen LogP contribution >= 0.6 is 22.9 Å². The minimum absolute atomic E-state index is 0.224. The standard InChI is InChI=1S/C19H13ClN6O2S/c20-15-9-13(10-23-17(15)28-11-14-3-1-2-6-22-14)16(27)24-19-26-25-18(29-19)12-4-7-21-8-5-12/h1-10H,11H2,(H,24,26,27). The zero-order chi connectivity index (χ0) is 20.1. The van der Waals surface area contributed by atoms with Gasteiger partial charge in [-0.1, -0.05) is 29.0 Å². The summed E-state index contributed by atoms with van der Waals surface area (Å²) in [7, 11) is 0. The lowest BCUT2D eigenvalue weighted by molar-refractivity contribution is 0.102. The number of hydrogen-bond donors (Lipinski definition) is 1. The maximum atomic E-state index is 12.5. The summed E-state index contributed by atoms with van der Waals surface area (Å²) in [6.45, 7) is 0.224. The number of carbonyl (C=O) groups excluding carboxylic acids is 1. The lowest BCUT2D eigenvalue weighted by Crippen LogP contribution is -2.12. The number of aromatic nitrogens is 5. The minimum Gasteiger partial charge on any atom is -0.470 e. The fourth-order valence-corrected chi connectivity index (χ4v) is 3.30. The SMILES string of the molecule is O=C(Nc1nnc(-c2ccncc2)s1)c1cnc(OCc2ccccn2)c(Cl)c1. The molecule has 0 bridgehead atoms. The number of rotatable bonds is 6. The molecule has 0 unspecified atom stereocenters. The van der Waals surface area contributed by atoms with Crippen LogP contribution in [0.1, 0.15) is 16.1 Å². The molecule has 0 saturated carbocycles. The normalized spacial score (nSPS) is 10.5. The average Bonchev–Trinajstić information content (AvgIpc) is 3.22. The first-order valence-corrected chi connectivity index (χ1v) is 9.62. The van der Waals surface area contributed by atoms with Gasteiger partial charge >= 0.3 is 0 Å². The lowest BCUT2D eigenvalue weighted by atomic mass is 10.2. The first-order valence-electron chi connectivity index (χ1n) is 8.42. The molecule has 4 heterocycles. The van der Waals surface area contributed by atoms with Crippen molar-refractivity contribution >= 4 is 34.0 Å². The van der Waals surface area contributed by atoms with E-state index >= 15 is 0 Å². The summed E-state index contributed by atoms with van der Waals surface area (Å²) < 4.78 is 5.57. The Hall–Kier alpha value is -3.43. The summed E-state index contributed by atoms with van der Waals surface area (Å²) in [6.07, 6.45) is 6.40. The molecule has 8 nitrogen and oxygen atoms in total. The first kappa shape index (κ1) is 18.9. The molecule has 29 heavy (non-hydrogen) atoms. The van der Waals surface area contributed by atoms with Crippen molar-refractivity contribution in [3.8, 4) is 16.5 Å². The Kier molecular flexibility index (Phi) is 5.68. The van der Waals surface area contributed by atoms with Crippen LogP contribution in [0, 0.1) is 0 Å². The summed E-state index contributed by atoms with van der Waals surface area (Å²) in [5, 5.41) is 12.0. The Balaban J connectivity index is 1.41. The Morgan fingerprint density at radius 3 is 2.72 bits per heavy atom. The lowest BCUT2D eigenvalue weighted by Gasteiger charge is -2.08. The number of nitrogens with one attached hydrogen (secondary N) is 1. The van der Waals surface area contributed by atoms with Crippen LogP contribution in [0.2, 0.25) is 5.02 Å². The van der Waals surface area contributed by atoms with E-state index in [1.165, 1.54) is 23.6 Å². The third kappa shape index (κ3) is 4.71. The molecule has 0 radical (unpaired) electrons. The van der Waals surface area contributed by atoms with Crippen molar-refractivity contribution in [2.75, 3.05) is 5.32 Å². The van der Waals surface area contributed by atoms with Crippen LogP contribution in [0.15, 0.2) is 61.2 Å². The summed E-state index contributed by atoms with van der Waals surface area (Å²) in [5.41, 5.74) is 1.89. The fourth-order valence-electron chi connectivity index (χ4n) is 2.34. The number of hydrogen-bond acceptors (Lipinski definition) is 8. The Bertz CT molecular complexity index is 1120. The van der Waals surface area contributed by atoms with E-state index in [-0.39, 0.29) is 23.1 Å². The molecule has 1 N–H and O–H groups in total. The monoisotopic (exact) mass is 424 g/mol. The first-order chi connectivity index (χ1) is 14.2. The summed E-state index contributed by atoms with van der Waals surface area (Å²) in [4.78, 5) is 24.7. The van der Waals surface area contributed by atoms with E-state index in [0.717, 1.165) is 11.3 Å². The van der Waals surface area contributed by atoms with Crippen molar-refractivity contribution in [3.05, 3.63) is 77.5 Å². The number of nitrogens with zero attached hydrogens (tertiary/aromatic N) is 5. The number of anilines is 1. The van der Waals surface area contributed by atoms with E-state index in [1.807, 2.05) is 30.3 Å². The van der Waals surface area contributed by atoms with Gasteiger partial charge in [0.1, 0.15) is 16.6 Å². The fraction of sp³-hybridized carbons (Fsp3) is 0.0526. The van der Waals surface area contributed by atoms with Crippen LogP contribution in [-0.4, -0.2) is 31.1 Å².